The highest BCUT2D eigenvalue weighted by molar-refractivity contribution is 14.1. The van der Waals surface area contributed by atoms with E-state index >= 15 is 0 Å². The van der Waals surface area contributed by atoms with Crippen LogP contribution in [0.4, 0.5) is 0 Å². The van der Waals surface area contributed by atoms with E-state index in [-0.39, 0.29) is 6.61 Å². The molecule has 0 aromatic heterocycles. The zero-order valence-electron chi connectivity index (χ0n) is 10.8. The Bertz CT molecular complexity index is 369. The van der Waals surface area contributed by atoms with E-state index in [4.69, 9.17) is 7.80 Å². The normalized spacial score (nSPS) is 10.9. The lowest BCUT2D eigenvalue weighted by atomic mass is 9.89. The number of aliphatic hydroxyl groups is 1. The van der Waals surface area contributed by atoms with Gasteiger partial charge in [-0.3, -0.25) is 0 Å². The van der Waals surface area contributed by atoms with E-state index in [1.165, 1.54) is 5.56 Å². The number of rotatable bonds is 5. The first-order valence-electron chi connectivity index (χ1n) is 5.52. The molecule has 1 rings (SSSR count). The molecule has 1 aromatic carbocycles. The highest BCUT2D eigenvalue weighted by Crippen LogP contribution is 2.28. The van der Waals surface area contributed by atoms with Gasteiger partial charge < -0.3 is 12.9 Å². The molecule has 0 radical (unpaired) electrons. The molecule has 0 amide bonds. The minimum absolute atomic E-state index is 0.0584. The number of halogens is 1. The van der Waals surface area contributed by atoms with E-state index in [0.29, 0.717) is 13.2 Å². The van der Waals surface area contributed by atoms with Crippen molar-refractivity contribution in [3.05, 3.63) is 33.4 Å². The first-order valence-corrected chi connectivity index (χ1v) is 6.40. The molecule has 96 valence electrons. The van der Waals surface area contributed by atoms with E-state index in [9.17, 15) is 5.11 Å². The van der Waals surface area contributed by atoms with Crippen LogP contribution in [0.3, 0.4) is 0 Å². The third kappa shape index (κ3) is 2.99. The second-order valence-corrected chi connectivity index (χ2v) is 4.78. The number of hydrogen-bond donors (Lipinski definition) is 1. The fourth-order valence-electron chi connectivity index (χ4n) is 2.26. The fourth-order valence-corrected chi connectivity index (χ4v) is 2.57. The lowest BCUT2D eigenvalue weighted by molar-refractivity contribution is 0.183. The average Bonchev–Trinajstić information content (AvgIpc) is 2.31. The SMILES string of the molecule is COCc1c(C)c(CO)c(C)c(COI)c1C. The maximum Gasteiger partial charge on any atom is 0.110 e. The van der Waals surface area contributed by atoms with E-state index in [1.807, 2.05) is 36.9 Å². The molecule has 1 N–H and O–H groups in total. The highest BCUT2D eigenvalue weighted by Gasteiger charge is 2.16. The summed E-state index contributed by atoms with van der Waals surface area (Å²) in [6, 6.07) is 0. The number of hydrogen-bond acceptors (Lipinski definition) is 3. The van der Waals surface area contributed by atoms with Crippen molar-refractivity contribution in [2.45, 2.75) is 40.6 Å². The van der Waals surface area contributed by atoms with Crippen LogP contribution in [0.2, 0.25) is 0 Å². The van der Waals surface area contributed by atoms with Gasteiger partial charge in [0.25, 0.3) is 0 Å². The van der Waals surface area contributed by atoms with E-state index in [0.717, 1.165) is 27.8 Å². The highest BCUT2D eigenvalue weighted by atomic mass is 127. The number of benzene rings is 1. The van der Waals surface area contributed by atoms with Crippen molar-refractivity contribution in [2.75, 3.05) is 7.11 Å². The van der Waals surface area contributed by atoms with Crippen LogP contribution >= 0.6 is 23.0 Å². The fraction of sp³-hybridized carbons (Fsp3) is 0.538. The van der Waals surface area contributed by atoms with Crippen molar-refractivity contribution in [1.29, 1.82) is 0 Å². The molecule has 0 aliphatic rings. The topological polar surface area (TPSA) is 38.7 Å². The van der Waals surface area contributed by atoms with Crippen LogP contribution in [-0.4, -0.2) is 12.2 Å². The van der Waals surface area contributed by atoms with Gasteiger partial charge in [-0.1, -0.05) is 0 Å². The summed E-state index contributed by atoms with van der Waals surface area (Å²) in [7, 11) is 1.69. The predicted octanol–water partition coefficient (Wildman–Crippen LogP) is 3.12. The standard InChI is InChI=1S/C13H19IO3/c1-8-11(5-15)9(2)13(7-17-14)10(3)12(8)6-16-4/h15H,5-7H2,1-4H3. The molecule has 0 aliphatic carbocycles. The Kier molecular flexibility index (Phi) is 5.85. The van der Waals surface area contributed by atoms with Crippen LogP contribution in [0.25, 0.3) is 0 Å². The van der Waals surface area contributed by atoms with Gasteiger partial charge in [0.2, 0.25) is 0 Å². The molecule has 3 nitrogen and oxygen atoms in total. The Labute approximate surface area is 117 Å². The van der Waals surface area contributed by atoms with Gasteiger partial charge in [0, 0.05) is 7.11 Å². The van der Waals surface area contributed by atoms with Crippen molar-refractivity contribution >= 4 is 23.0 Å². The lowest BCUT2D eigenvalue weighted by Gasteiger charge is -2.20. The van der Waals surface area contributed by atoms with Gasteiger partial charge in [-0.25, -0.2) is 0 Å². The van der Waals surface area contributed by atoms with Crippen LogP contribution in [0.15, 0.2) is 0 Å². The van der Waals surface area contributed by atoms with Crippen molar-refractivity contribution < 1.29 is 12.9 Å². The summed E-state index contributed by atoms with van der Waals surface area (Å²) in [4.78, 5) is 0. The molecule has 0 bridgehead atoms. The third-order valence-corrected chi connectivity index (χ3v) is 3.67. The van der Waals surface area contributed by atoms with Crippen molar-refractivity contribution in [1.82, 2.24) is 0 Å². The molecule has 0 heterocycles. The summed E-state index contributed by atoms with van der Waals surface area (Å²) < 4.78 is 10.4. The molecular formula is C13H19IO3. The van der Waals surface area contributed by atoms with E-state index in [1.54, 1.807) is 7.11 Å². The van der Waals surface area contributed by atoms with E-state index in [2.05, 4.69) is 6.92 Å². The largest absolute Gasteiger partial charge is 0.392 e. The van der Waals surface area contributed by atoms with Gasteiger partial charge in [0.1, 0.15) is 23.0 Å². The second kappa shape index (κ2) is 6.68. The summed E-state index contributed by atoms with van der Waals surface area (Å²) in [5.74, 6) is 0. The van der Waals surface area contributed by atoms with Crippen LogP contribution in [-0.2, 0) is 27.6 Å². The van der Waals surface area contributed by atoms with Gasteiger partial charge >= 0.3 is 0 Å². The Morgan fingerprint density at radius 1 is 0.941 bits per heavy atom. The Morgan fingerprint density at radius 3 is 1.82 bits per heavy atom. The molecule has 0 unspecified atom stereocenters. The van der Waals surface area contributed by atoms with Gasteiger partial charge in [-0.15, -0.1) is 0 Å². The molecule has 0 atom stereocenters. The van der Waals surface area contributed by atoms with Crippen LogP contribution in [0.1, 0.15) is 33.4 Å². The lowest BCUT2D eigenvalue weighted by Crippen LogP contribution is -2.08. The monoisotopic (exact) mass is 350 g/mol. The summed E-state index contributed by atoms with van der Waals surface area (Å²) >= 11 is 1.90. The minimum Gasteiger partial charge on any atom is -0.392 e. The maximum atomic E-state index is 9.49. The van der Waals surface area contributed by atoms with Crippen LogP contribution < -0.4 is 0 Å². The molecule has 0 spiro atoms. The van der Waals surface area contributed by atoms with Gasteiger partial charge in [0.05, 0.1) is 19.8 Å². The van der Waals surface area contributed by atoms with Crippen LogP contribution in [0, 0.1) is 20.8 Å². The Hall–Kier alpha value is -0.170. The summed E-state index contributed by atoms with van der Waals surface area (Å²) in [5.41, 5.74) is 6.76. The number of methoxy groups -OCH3 is 1. The van der Waals surface area contributed by atoms with Crippen molar-refractivity contribution in [3.63, 3.8) is 0 Å². The second-order valence-electron chi connectivity index (χ2n) is 4.16. The molecule has 0 aliphatic heterocycles. The first kappa shape index (κ1) is 14.9. The maximum absolute atomic E-state index is 9.49. The number of aliphatic hydroxyl groups excluding tert-OH is 1. The molecule has 0 saturated carbocycles. The molecular weight excluding hydrogens is 331 g/mol. The Balaban J connectivity index is 3.45. The molecule has 17 heavy (non-hydrogen) atoms. The molecule has 1 aromatic rings. The predicted molar refractivity (Wildman–Crippen MR) is 76.1 cm³/mol. The number of ether oxygens (including phenoxy) is 1. The minimum atomic E-state index is 0.0584. The zero-order valence-corrected chi connectivity index (χ0v) is 12.9. The molecule has 0 saturated heterocycles. The first-order chi connectivity index (χ1) is 8.08. The zero-order chi connectivity index (χ0) is 13.0. The third-order valence-electron chi connectivity index (χ3n) is 3.36. The summed E-state index contributed by atoms with van der Waals surface area (Å²) in [5, 5.41) is 9.49. The van der Waals surface area contributed by atoms with Crippen LogP contribution in [0.5, 0.6) is 0 Å². The van der Waals surface area contributed by atoms with E-state index < -0.39 is 0 Å². The van der Waals surface area contributed by atoms with Gasteiger partial charge in [-0.05, 0) is 54.2 Å². The van der Waals surface area contributed by atoms with Crippen molar-refractivity contribution in [2.24, 2.45) is 0 Å². The smallest absolute Gasteiger partial charge is 0.110 e. The Morgan fingerprint density at radius 2 is 1.41 bits per heavy atom. The average molecular weight is 350 g/mol. The quantitative estimate of drug-likeness (QED) is 0.830. The van der Waals surface area contributed by atoms with Gasteiger partial charge in [0.15, 0.2) is 0 Å². The summed E-state index contributed by atoms with van der Waals surface area (Å²) in [6.07, 6.45) is 0. The summed E-state index contributed by atoms with van der Waals surface area (Å²) in [6.45, 7) is 7.34. The van der Waals surface area contributed by atoms with Crippen molar-refractivity contribution in [3.8, 4) is 0 Å². The molecule has 4 heteroatoms. The van der Waals surface area contributed by atoms with Gasteiger partial charge in [-0.2, -0.15) is 0 Å². The molecule has 0 fully saturated rings.